The van der Waals surface area contributed by atoms with Crippen molar-refractivity contribution in [2.75, 3.05) is 0 Å². The first kappa shape index (κ1) is 89.0. The van der Waals surface area contributed by atoms with Gasteiger partial charge >= 0.3 is 21.1 Å². The Labute approximate surface area is 691 Å². The molecule has 500 valence electrons. The zero-order chi connectivity index (χ0) is 63.0. The Balaban J connectivity index is 0.000000395. The predicted octanol–water partition coefficient (Wildman–Crippen LogP) is 10.9. The van der Waals surface area contributed by atoms with Crippen LogP contribution in [0, 0.1) is 0 Å². The molecule has 0 N–H and O–H groups in total. The van der Waals surface area contributed by atoms with E-state index in [-0.39, 0.29) is 134 Å². The van der Waals surface area contributed by atoms with Crippen LogP contribution < -0.4 is 130 Å². The molecule has 0 aliphatic heterocycles. The molecular weight excluding hydrogens is 2120 g/mol. The van der Waals surface area contributed by atoms with Crippen LogP contribution in [-0.2, 0) is 62.6 Å². The van der Waals surface area contributed by atoms with Crippen molar-refractivity contribution >= 4 is 125 Å². The van der Waals surface area contributed by atoms with E-state index in [1.54, 1.807) is 0 Å². The Morgan fingerprint density at radius 3 is 0.381 bits per heavy atom. The van der Waals surface area contributed by atoms with Gasteiger partial charge in [-0.05, 0) is 108 Å². The standard InChI is InChI=1S/3C18H15P.C12H10P.3C6H5Cl.3HI.Pd.2Pt/c3*1-4-10-16(11-5-1)19(17-12-6-2-7-13-17)18-14-8-3-9-15-18;1-3-7-11(8-4-1)13-12-9-5-2-6-10-12;3*7-6-4-2-1-3-5-6;;;;;;/h3*1-15H;1-10H;3*1-5H;3*1H;;;/q;;;-1;;;;;;;;;+2/p-3. The summed E-state index contributed by atoms with van der Waals surface area (Å²) in [6, 6.07) is 146. The average Bonchev–Trinajstić information content (AvgIpc) is 0.891. The molecule has 0 radical (unpaired) electrons. The Bertz CT molecular complexity index is 3400. The quantitative estimate of drug-likeness (QED) is 0.0688. The first-order valence-corrected chi connectivity index (χ1v) is 35.8. The predicted molar refractivity (Wildman–Crippen MR) is 409 cm³/mol. The molecule has 14 aromatic rings. The van der Waals surface area contributed by atoms with Crippen molar-refractivity contribution in [3.63, 3.8) is 0 Å². The summed E-state index contributed by atoms with van der Waals surface area (Å²) in [5.41, 5.74) is 0. The van der Waals surface area contributed by atoms with Gasteiger partial charge in [-0.15, -0.1) is 0 Å². The topological polar surface area (TPSA) is 0 Å². The summed E-state index contributed by atoms with van der Waals surface area (Å²) in [6.07, 6.45) is 0. The molecule has 0 nitrogen and oxygen atoms in total. The summed E-state index contributed by atoms with van der Waals surface area (Å²) in [7, 11) is -0.0558. The van der Waals surface area contributed by atoms with Gasteiger partial charge in [0.05, 0.1) is 0 Å². The van der Waals surface area contributed by atoms with Crippen LogP contribution in [0.3, 0.4) is 0 Å². The Morgan fingerprint density at radius 1 is 0.175 bits per heavy atom. The van der Waals surface area contributed by atoms with E-state index in [1.165, 1.54) is 66.9 Å². The number of hydrogen-bond acceptors (Lipinski definition) is 0. The van der Waals surface area contributed by atoms with Gasteiger partial charge in [0.2, 0.25) is 0 Å². The van der Waals surface area contributed by atoms with Gasteiger partial charge in [0.25, 0.3) is 0 Å². The van der Waals surface area contributed by atoms with Crippen LogP contribution >= 0.6 is 67.1 Å². The maximum Gasteiger partial charge on any atom is 2.00 e. The van der Waals surface area contributed by atoms with Crippen LogP contribution in [0.4, 0.5) is 0 Å². The number of benzene rings is 14. The molecule has 97 heavy (non-hydrogen) atoms. The van der Waals surface area contributed by atoms with Crippen molar-refractivity contribution in [1.29, 1.82) is 0 Å². The zero-order valence-corrected chi connectivity index (χ0v) is 70.8. The van der Waals surface area contributed by atoms with E-state index in [4.69, 9.17) is 34.8 Å². The van der Waals surface area contributed by atoms with Crippen molar-refractivity contribution in [3.05, 3.63) is 440 Å². The third kappa shape index (κ3) is 34.0. The summed E-state index contributed by atoms with van der Waals surface area (Å²) >= 11 is 16.6. The smallest absolute Gasteiger partial charge is 1.00 e. The molecule has 13 heteroatoms. The van der Waals surface area contributed by atoms with Gasteiger partial charge in [-0.3, -0.25) is 0 Å². The van der Waals surface area contributed by atoms with Crippen molar-refractivity contribution in [1.82, 2.24) is 0 Å². The van der Waals surface area contributed by atoms with Gasteiger partial charge in [0.15, 0.2) is 0 Å². The molecule has 0 bridgehead atoms. The van der Waals surface area contributed by atoms with Gasteiger partial charge in [0, 0.05) is 56.6 Å². The molecule has 0 heterocycles. The summed E-state index contributed by atoms with van der Waals surface area (Å²) in [5.74, 6) is 0. The fourth-order valence-corrected chi connectivity index (χ4v) is 17.2. The zero-order valence-electron chi connectivity index (χ0n) is 52.4. The summed E-state index contributed by atoms with van der Waals surface area (Å²) in [6.45, 7) is 0. The second-order valence-electron chi connectivity index (χ2n) is 19.7. The first-order valence-electron chi connectivity index (χ1n) is 29.8. The van der Waals surface area contributed by atoms with E-state index >= 15 is 0 Å². The Kier molecular flexibility index (Phi) is 50.1. The minimum Gasteiger partial charge on any atom is -1.00 e. The molecule has 0 saturated carbocycles. The molecular formula is C84H70Cl3I3P4PdPt2-2. The SMILES string of the molecule is Clc1ccccc1.Clc1ccccc1.Clc1ccccc1.[I-].[I-].[I-].[Pd].[Pt+2].[Pt].c1ccc(P(c2ccccc2)c2ccccc2)cc1.c1ccc(P(c2ccccc2)c2ccccc2)cc1.c1ccc(P(c2ccccc2)c2ccccc2)cc1.c1ccc([P-]c2ccccc2)cc1. The molecule has 0 atom stereocenters. The second kappa shape index (κ2) is 54.6. The average molecular weight is 2190 g/mol. The van der Waals surface area contributed by atoms with E-state index in [0.717, 1.165) is 15.1 Å². The minimum absolute atomic E-state index is 0. The van der Waals surface area contributed by atoms with E-state index in [1.807, 2.05) is 103 Å². The monoisotopic (exact) mass is 2180 g/mol. The van der Waals surface area contributed by atoms with E-state index < -0.39 is 23.8 Å². The molecule has 0 spiro atoms. The maximum absolute atomic E-state index is 5.54. The molecule has 14 aromatic carbocycles. The first-order chi connectivity index (χ1) is 45.0. The van der Waals surface area contributed by atoms with Crippen molar-refractivity contribution in [3.8, 4) is 0 Å². The van der Waals surface area contributed by atoms with Gasteiger partial charge < -0.3 is 80.5 Å². The van der Waals surface area contributed by atoms with E-state index in [2.05, 4.69) is 322 Å². The van der Waals surface area contributed by atoms with Crippen molar-refractivity contribution in [2.24, 2.45) is 0 Å². The maximum atomic E-state index is 5.54. The third-order valence-electron chi connectivity index (χ3n) is 13.1. The molecule has 0 aromatic heterocycles. The number of rotatable bonds is 11. The van der Waals surface area contributed by atoms with Crippen LogP contribution in [0.1, 0.15) is 0 Å². The largest absolute Gasteiger partial charge is 2.00 e. The molecule has 0 unspecified atom stereocenters. The fourth-order valence-electron chi connectivity index (χ4n) is 8.93. The molecule has 0 amide bonds. The fraction of sp³-hybridized carbons (Fsp3) is 0. The van der Waals surface area contributed by atoms with E-state index in [0.29, 0.717) is 0 Å². The molecule has 0 aliphatic carbocycles. The van der Waals surface area contributed by atoms with Crippen molar-refractivity contribution < 1.29 is 134 Å². The van der Waals surface area contributed by atoms with Gasteiger partial charge in [-0.25, -0.2) is 10.6 Å². The summed E-state index contributed by atoms with van der Waals surface area (Å²) in [5, 5.41) is 17.6. The minimum atomic E-state index is -0.446. The Morgan fingerprint density at radius 2 is 0.278 bits per heavy atom. The van der Waals surface area contributed by atoms with Gasteiger partial charge in [-0.2, -0.15) is 0 Å². The molecule has 0 fully saturated rings. The van der Waals surface area contributed by atoms with Crippen LogP contribution in [0.5, 0.6) is 0 Å². The molecule has 0 aliphatic rings. The van der Waals surface area contributed by atoms with Crippen LogP contribution in [0.2, 0.25) is 15.1 Å². The molecule has 14 rings (SSSR count). The number of halogens is 6. The van der Waals surface area contributed by atoms with Crippen LogP contribution in [0.15, 0.2) is 425 Å². The van der Waals surface area contributed by atoms with Crippen LogP contribution in [-0.4, -0.2) is 0 Å². The van der Waals surface area contributed by atoms with E-state index in [9.17, 15) is 0 Å². The normalized spacial score (nSPS) is 9.42. The third-order valence-corrected chi connectivity index (χ3v) is 22.3. The van der Waals surface area contributed by atoms with Crippen LogP contribution in [0.25, 0.3) is 0 Å². The second-order valence-corrected chi connectivity index (χ2v) is 28.9. The van der Waals surface area contributed by atoms with Gasteiger partial charge in [0.1, 0.15) is 0 Å². The Hall–Kier alpha value is -4.10. The number of hydrogen-bond donors (Lipinski definition) is 0. The molecule has 0 saturated heterocycles. The van der Waals surface area contributed by atoms with Gasteiger partial charge in [-0.1, -0.05) is 423 Å². The summed E-state index contributed by atoms with van der Waals surface area (Å²) < 4.78 is 0. The van der Waals surface area contributed by atoms with Crippen molar-refractivity contribution in [2.45, 2.75) is 0 Å². The summed E-state index contributed by atoms with van der Waals surface area (Å²) in [4.78, 5) is 0.